The topological polar surface area (TPSA) is 106 Å². The fourth-order valence-corrected chi connectivity index (χ4v) is 5.04. The van der Waals surface area contributed by atoms with Crippen molar-refractivity contribution in [2.45, 2.75) is 44.4 Å². The van der Waals surface area contributed by atoms with Crippen molar-refractivity contribution in [1.29, 1.82) is 0 Å². The summed E-state index contributed by atoms with van der Waals surface area (Å²) in [6.07, 6.45) is 0.544. The molecule has 0 aromatic carbocycles. The molecule has 0 fully saturated rings. The van der Waals surface area contributed by atoms with Crippen LogP contribution >= 0.6 is 11.3 Å². The van der Waals surface area contributed by atoms with Gasteiger partial charge in [0.15, 0.2) is 0 Å². The summed E-state index contributed by atoms with van der Waals surface area (Å²) in [5.41, 5.74) is -0.0677. The number of hydrogen-bond donors (Lipinski definition) is 2. The molecule has 0 aliphatic rings. The highest BCUT2D eigenvalue weighted by molar-refractivity contribution is 7.91. The smallest absolute Gasteiger partial charge is 0.224 e. The van der Waals surface area contributed by atoms with Crippen LogP contribution in [0.25, 0.3) is 0 Å². The van der Waals surface area contributed by atoms with Gasteiger partial charge in [-0.1, -0.05) is 20.8 Å². The summed E-state index contributed by atoms with van der Waals surface area (Å²) in [7, 11) is -7.16. The number of nitrogens with one attached hydrogen (secondary N) is 1. The van der Waals surface area contributed by atoms with E-state index in [9.17, 15) is 16.8 Å². The van der Waals surface area contributed by atoms with E-state index in [2.05, 4.69) is 4.72 Å². The van der Waals surface area contributed by atoms with Gasteiger partial charge in [0.05, 0.1) is 11.8 Å². The van der Waals surface area contributed by atoms with E-state index >= 15 is 0 Å². The van der Waals surface area contributed by atoms with E-state index in [0.29, 0.717) is 11.3 Å². The second-order valence-electron chi connectivity index (χ2n) is 6.17. The summed E-state index contributed by atoms with van der Waals surface area (Å²) < 4.78 is 49.0. The zero-order chi connectivity index (χ0) is 16.5. The first-order valence-electron chi connectivity index (χ1n) is 6.43. The van der Waals surface area contributed by atoms with Crippen LogP contribution < -0.4 is 9.86 Å². The number of hydrogen-bond acceptors (Lipinski definition) is 5. The molecule has 0 aliphatic heterocycles. The Morgan fingerprint density at radius 1 is 1.24 bits per heavy atom. The Hall–Kier alpha value is -0.480. The third-order valence-corrected chi connectivity index (χ3v) is 6.95. The van der Waals surface area contributed by atoms with Gasteiger partial charge in [0, 0.05) is 4.88 Å². The van der Waals surface area contributed by atoms with Crippen LogP contribution in [0, 0.1) is 5.41 Å². The summed E-state index contributed by atoms with van der Waals surface area (Å²) in [5, 5.41) is 5.04. The molecule has 0 amide bonds. The van der Waals surface area contributed by atoms with E-state index in [1.807, 2.05) is 20.8 Å². The van der Waals surface area contributed by atoms with Crippen molar-refractivity contribution in [2.75, 3.05) is 5.75 Å². The van der Waals surface area contributed by atoms with Gasteiger partial charge in [0.2, 0.25) is 20.0 Å². The van der Waals surface area contributed by atoms with E-state index in [0.717, 1.165) is 11.3 Å². The Morgan fingerprint density at radius 2 is 1.81 bits per heavy atom. The zero-order valence-corrected chi connectivity index (χ0v) is 15.0. The molecule has 122 valence electrons. The maximum absolute atomic E-state index is 12.0. The molecule has 1 atom stereocenters. The van der Waals surface area contributed by atoms with Crippen molar-refractivity contribution in [2.24, 2.45) is 10.6 Å². The largest absolute Gasteiger partial charge is 0.247 e. The van der Waals surface area contributed by atoms with Crippen molar-refractivity contribution >= 4 is 31.4 Å². The third-order valence-electron chi connectivity index (χ3n) is 2.79. The fraction of sp³-hybridized carbons (Fsp3) is 0.667. The maximum atomic E-state index is 12.0. The van der Waals surface area contributed by atoms with Crippen molar-refractivity contribution in [3.05, 3.63) is 17.0 Å². The lowest BCUT2D eigenvalue weighted by molar-refractivity contribution is 0.396. The average Bonchev–Trinajstić information content (AvgIpc) is 2.74. The molecule has 1 rings (SSSR count). The van der Waals surface area contributed by atoms with Crippen LogP contribution in [0.3, 0.4) is 0 Å². The zero-order valence-electron chi connectivity index (χ0n) is 12.6. The van der Waals surface area contributed by atoms with Gasteiger partial charge < -0.3 is 0 Å². The van der Waals surface area contributed by atoms with E-state index in [1.54, 1.807) is 13.0 Å². The Balaban J connectivity index is 2.77. The standard InChI is InChI=1S/C12H22N2O4S3/c1-9(10-5-6-11(19-10)21(13,17)18)14-20(15,16)8-7-12(2,3)4/h5-6,9,14H,7-8H2,1-4H3,(H2,13,17,18). The minimum atomic E-state index is -3.75. The van der Waals surface area contributed by atoms with Crippen molar-refractivity contribution in [3.8, 4) is 0 Å². The van der Waals surface area contributed by atoms with Crippen molar-refractivity contribution in [1.82, 2.24) is 4.72 Å². The van der Waals surface area contributed by atoms with Crippen molar-refractivity contribution in [3.63, 3.8) is 0 Å². The molecule has 9 heteroatoms. The fourth-order valence-electron chi connectivity index (χ4n) is 1.55. The molecular weight excluding hydrogens is 332 g/mol. The molecule has 1 aromatic heterocycles. The van der Waals surface area contributed by atoms with Gasteiger partial charge >= 0.3 is 0 Å². The van der Waals surface area contributed by atoms with Crippen LogP contribution in [0.5, 0.6) is 0 Å². The molecule has 21 heavy (non-hydrogen) atoms. The van der Waals surface area contributed by atoms with Gasteiger partial charge in [0.1, 0.15) is 4.21 Å². The lowest BCUT2D eigenvalue weighted by atomic mass is 9.94. The van der Waals surface area contributed by atoms with E-state index in [-0.39, 0.29) is 15.4 Å². The van der Waals surface area contributed by atoms with Gasteiger partial charge in [-0.2, -0.15) is 0 Å². The summed E-state index contributed by atoms with van der Waals surface area (Å²) in [4.78, 5) is 0.610. The molecule has 3 N–H and O–H groups in total. The second-order valence-corrected chi connectivity index (χ2v) is 10.9. The van der Waals surface area contributed by atoms with Crippen LogP contribution in [0.1, 0.15) is 45.0 Å². The average molecular weight is 355 g/mol. The maximum Gasteiger partial charge on any atom is 0.247 e. The molecule has 6 nitrogen and oxygen atoms in total. The van der Waals surface area contributed by atoms with Crippen LogP contribution in [0.4, 0.5) is 0 Å². The molecule has 1 unspecified atom stereocenters. The van der Waals surface area contributed by atoms with Gasteiger partial charge in [-0.3, -0.25) is 0 Å². The quantitative estimate of drug-likeness (QED) is 0.812. The number of thiophene rings is 1. The van der Waals surface area contributed by atoms with Gasteiger partial charge in [-0.15, -0.1) is 11.3 Å². The van der Waals surface area contributed by atoms with Crippen LogP contribution in [0.15, 0.2) is 16.3 Å². The lowest BCUT2D eigenvalue weighted by Crippen LogP contribution is -2.30. The highest BCUT2D eigenvalue weighted by atomic mass is 32.2. The number of rotatable bonds is 6. The number of primary sulfonamides is 1. The molecule has 0 bridgehead atoms. The Morgan fingerprint density at radius 3 is 2.24 bits per heavy atom. The summed E-state index contributed by atoms with van der Waals surface area (Å²) in [5.74, 6) is 0.0360. The SMILES string of the molecule is CC(NS(=O)(=O)CCC(C)(C)C)c1ccc(S(N)(=O)=O)s1. The molecule has 0 radical (unpaired) electrons. The molecule has 0 saturated heterocycles. The minimum absolute atomic E-state index is 0.0261. The first-order chi connectivity index (χ1) is 9.30. The Labute approximate surface area is 130 Å². The predicted octanol–water partition coefficient (Wildman–Crippen LogP) is 1.81. The number of sulfonamides is 2. The molecule has 1 heterocycles. The van der Waals surface area contributed by atoms with E-state index in [4.69, 9.17) is 5.14 Å². The molecule has 0 aliphatic carbocycles. The van der Waals surface area contributed by atoms with Crippen molar-refractivity contribution < 1.29 is 16.8 Å². The molecular formula is C12H22N2O4S3. The molecule has 0 saturated carbocycles. The second kappa shape index (κ2) is 6.33. The van der Waals surface area contributed by atoms with Crippen LogP contribution in [-0.2, 0) is 20.0 Å². The van der Waals surface area contributed by atoms with Gasteiger partial charge in [0.25, 0.3) is 0 Å². The summed E-state index contributed by atoms with van der Waals surface area (Å²) in [6.45, 7) is 7.60. The monoisotopic (exact) mass is 354 g/mol. The molecule has 1 aromatic rings. The normalized spacial score (nSPS) is 15.1. The third kappa shape index (κ3) is 6.43. The van der Waals surface area contributed by atoms with E-state index in [1.165, 1.54) is 6.07 Å². The Kier molecular flexibility index (Phi) is 5.60. The van der Waals surface area contributed by atoms with Gasteiger partial charge in [-0.25, -0.2) is 26.7 Å². The summed E-state index contributed by atoms with van der Waals surface area (Å²) in [6, 6.07) is 2.46. The van der Waals surface area contributed by atoms with Crippen LogP contribution in [0.2, 0.25) is 0 Å². The predicted molar refractivity (Wildman–Crippen MR) is 85.1 cm³/mol. The Bertz CT molecular complexity index is 684. The summed E-state index contributed by atoms with van der Waals surface area (Å²) >= 11 is 0.972. The highest BCUT2D eigenvalue weighted by Crippen LogP contribution is 2.26. The first-order valence-corrected chi connectivity index (χ1v) is 10.4. The van der Waals surface area contributed by atoms with Crippen LogP contribution in [-0.4, -0.2) is 22.6 Å². The molecule has 0 spiro atoms. The lowest BCUT2D eigenvalue weighted by Gasteiger charge is -2.19. The van der Waals surface area contributed by atoms with Gasteiger partial charge in [-0.05, 0) is 30.9 Å². The first kappa shape index (κ1) is 18.6. The van der Waals surface area contributed by atoms with E-state index < -0.39 is 26.1 Å². The number of nitrogens with two attached hydrogens (primary N) is 1. The minimum Gasteiger partial charge on any atom is -0.224 e. The highest BCUT2D eigenvalue weighted by Gasteiger charge is 2.21.